The van der Waals surface area contributed by atoms with E-state index in [1.165, 1.54) is 6.39 Å². The van der Waals surface area contributed by atoms with E-state index >= 15 is 0 Å². The van der Waals surface area contributed by atoms with Gasteiger partial charge in [0.2, 0.25) is 0 Å². The molecule has 1 aromatic heterocycles. The second-order valence-corrected chi connectivity index (χ2v) is 4.77. The SMILES string of the molecule is CCC(C#N)C1(c2ccc3ncoc3c2)COC1. The van der Waals surface area contributed by atoms with Crippen LogP contribution < -0.4 is 0 Å². The lowest BCUT2D eigenvalue weighted by atomic mass is 9.68. The third-order valence-corrected chi connectivity index (χ3v) is 3.86. The third-order valence-electron chi connectivity index (χ3n) is 3.86. The van der Waals surface area contributed by atoms with E-state index in [1.54, 1.807) is 0 Å². The van der Waals surface area contributed by atoms with Crippen LogP contribution in [-0.4, -0.2) is 18.2 Å². The summed E-state index contributed by atoms with van der Waals surface area (Å²) in [7, 11) is 0. The van der Waals surface area contributed by atoms with Gasteiger partial charge in [0.05, 0.1) is 30.6 Å². The van der Waals surface area contributed by atoms with E-state index in [9.17, 15) is 5.26 Å². The molecular weight excluding hydrogens is 228 g/mol. The molecule has 4 nitrogen and oxygen atoms in total. The summed E-state index contributed by atoms with van der Waals surface area (Å²) in [6, 6.07) is 8.38. The predicted octanol–water partition coefficient (Wildman–Crippen LogP) is 2.65. The van der Waals surface area contributed by atoms with Gasteiger partial charge in [-0.25, -0.2) is 4.98 Å². The van der Waals surface area contributed by atoms with Crippen LogP contribution in [0.1, 0.15) is 18.9 Å². The van der Waals surface area contributed by atoms with Gasteiger partial charge in [-0.1, -0.05) is 13.0 Å². The average Bonchev–Trinajstić information content (AvgIpc) is 2.80. The van der Waals surface area contributed by atoms with Gasteiger partial charge in [-0.3, -0.25) is 0 Å². The Balaban J connectivity index is 2.08. The van der Waals surface area contributed by atoms with E-state index in [0.29, 0.717) is 13.2 Å². The first-order chi connectivity index (χ1) is 8.80. The highest BCUT2D eigenvalue weighted by molar-refractivity contribution is 5.73. The lowest BCUT2D eigenvalue weighted by Crippen LogP contribution is -2.51. The van der Waals surface area contributed by atoms with Crippen molar-refractivity contribution >= 4 is 11.1 Å². The standard InChI is InChI=1S/C14H14N2O2/c1-2-10(6-15)14(7-17-8-14)11-3-4-12-13(5-11)18-9-16-12/h3-5,9-10H,2,7-8H2,1H3. The molecule has 2 heterocycles. The molecule has 0 N–H and O–H groups in total. The zero-order valence-corrected chi connectivity index (χ0v) is 10.2. The van der Waals surface area contributed by atoms with E-state index < -0.39 is 0 Å². The Kier molecular flexibility index (Phi) is 2.57. The second kappa shape index (κ2) is 4.11. The number of rotatable bonds is 3. The molecule has 0 bridgehead atoms. The molecule has 1 fully saturated rings. The van der Waals surface area contributed by atoms with Crippen molar-refractivity contribution in [1.29, 1.82) is 5.26 Å². The van der Waals surface area contributed by atoms with E-state index in [0.717, 1.165) is 23.1 Å². The topological polar surface area (TPSA) is 59.0 Å². The molecule has 1 aliphatic heterocycles. The van der Waals surface area contributed by atoms with Crippen LogP contribution in [0.15, 0.2) is 29.0 Å². The number of aromatic nitrogens is 1. The van der Waals surface area contributed by atoms with E-state index in [4.69, 9.17) is 9.15 Å². The third kappa shape index (κ3) is 1.44. The van der Waals surface area contributed by atoms with Gasteiger partial charge in [-0.15, -0.1) is 0 Å². The van der Waals surface area contributed by atoms with Crippen LogP contribution >= 0.6 is 0 Å². The zero-order valence-electron chi connectivity index (χ0n) is 10.2. The Hall–Kier alpha value is -1.86. The van der Waals surface area contributed by atoms with Crippen LogP contribution in [0, 0.1) is 17.2 Å². The molecule has 18 heavy (non-hydrogen) atoms. The minimum absolute atomic E-state index is 0.0216. The van der Waals surface area contributed by atoms with Gasteiger partial charge in [-0.2, -0.15) is 5.26 Å². The smallest absolute Gasteiger partial charge is 0.181 e. The van der Waals surface area contributed by atoms with Crippen molar-refractivity contribution in [3.63, 3.8) is 0 Å². The first kappa shape index (κ1) is 11.2. The van der Waals surface area contributed by atoms with Gasteiger partial charge in [0.1, 0.15) is 5.52 Å². The number of hydrogen-bond donors (Lipinski definition) is 0. The molecule has 0 radical (unpaired) electrons. The first-order valence-corrected chi connectivity index (χ1v) is 6.11. The summed E-state index contributed by atoms with van der Waals surface area (Å²) in [5.74, 6) is -0.0216. The molecule has 1 aliphatic rings. The number of fused-ring (bicyclic) bond motifs is 1. The van der Waals surface area contributed by atoms with E-state index in [2.05, 4.69) is 11.1 Å². The maximum atomic E-state index is 9.32. The zero-order chi connectivity index (χ0) is 12.6. The minimum Gasteiger partial charge on any atom is -0.443 e. The van der Waals surface area contributed by atoms with Crippen molar-refractivity contribution in [3.8, 4) is 6.07 Å². The van der Waals surface area contributed by atoms with E-state index in [1.807, 2.05) is 25.1 Å². The molecule has 4 heteroatoms. The Morgan fingerprint density at radius 2 is 2.33 bits per heavy atom. The normalized spacial score (nSPS) is 19.1. The van der Waals surface area contributed by atoms with Crippen LogP contribution in [0.3, 0.4) is 0 Å². The number of nitrogens with zero attached hydrogens (tertiary/aromatic N) is 2. The summed E-state index contributed by atoms with van der Waals surface area (Å²) < 4.78 is 10.7. The fourth-order valence-electron chi connectivity index (χ4n) is 2.66. The number of oxazole rings is 1. The fraction of sp³-hybridized carbons (Fsp3) is 0.429. The van der Waals surface area contributed by atoms with Crippen LogP contribution in [0.25, 0.3) is 11.1 Å². The summed E-state index contributed by atoms with van der Waals surface area (Å²) >= 11 is 0. The van der Waals surface area contributed by atoms with Crippen LogP contribution in [-0.2, 0) is 10.2 Å². The molecule has 2 aromatic rings. The summed E-state index contributed by atoms with van der Waals surface area (Å²) in [6.45, 7) is 3.26. The molecule has 1 saturated heterocycles. The fourth-order valence-corrected chi connectivity index (χ4v) is 2.66. The lowest BCUT2D eigenvalue weighted by molar-refractivity contribution is -0.0804. The maximum Gasteiger partial charge on any atom is 0.181 e. The van der Waals surface area contributed by atoms with Crippen molar-refractivity contribution in [2.75, 3.05) is 13.2 Å². The molecule has 3 rings (SSSR count). The Labute approximate surface area is 105 Å². The monoisotopic (exact) mass is 242 g/mol. The van der Waals surface area contributed by atoms with Gasteiger partial charge in [0.25, 0.3) is 0 Å². The molecule has 1 unspecified atom stereocenters. The Morgan fingerprint density at radius 1 is 1.50 bits per heavy atom. The number of nitriles is 1. The van der Waals surface area contributed by atoms with Crippen LogP contribution in [0.4, 0.5) is 0 Å². The minimum atomic E-state index is -0.176. The molecular formula is C14H14N2O2. The largest absolute Gasteiger partial charge is 0.443 e. The molecule has 1 atom stereocenters. The Bertz CT molecular complexity index is 608. The summed E-state index contributed by atoms with van der Waals surface area (Å²) in [5, 5.41) is 9.32. The average molecular weight is 242 g/mol. The quantitative estimate of drug-likeness (QED) is 0.830. The molecule has 0 amide bonds. The summed E-state index contributed by atoms with van der Waals surface area (Å²) in [6.07, 6.45) is 2.27. The Morgan fingerprint density at radius 3 is 2.94 bits per heavy atom. The second-order valence-electron chi connectivity index (χ2n) is 4.77. The number of ether oxygens (including phenoxy) is 1. The highest BCUT2D eigenvalue weighted by atomic mass is 16.5. The molecule has 0 aliphatic carbocycles. The first-order valence-electron chi connectivity index (χ1n) is 6.11. The van der Waals surface area contributed by atoms with Gasteiger partial charge in [-0.05, 0) is 24.1 Å². The lowest BCUT2D eigenvalue weighted by Gasteiger charge is -2.44. The van der Waals surface area contributed by atoms with Crippen molar-refractivity contribution in [2.24, 2.45) is 5.92 Å². The molecule has 92 valence electrons. The van der Waals surface area contributed by atoms with Crippen LogP contribution in [0.2, 0.25) is 0 Å². The highest BCUT2D eigenvalue weighted by Crippen LogP contribution is 2.41. The maximum absolute atomic E-state index is 9.32. The van der Waals surface area contributed by atoms with Gasteiger partial charge < -0.3 is 9.15 Å². The molecule has 1 aromatic carbocycles. The molecule has 0 spiro atoms. The number of benzene rings is 1. The predicted molar refractivity (Wildman–Crippen MR) is 65.9 cm³/mol. The van der Waals surface area contributed by atoms with Crippen molar-refractivity contribution in [2.45, 2.75) is 18.8 Å². The summed E-state index contributed by atoms with van der Waals surface area (Å²) in [4.78, 5) is 4.11. The highest BCUT2D eigenvalue weighted by Gasteiger charge is 2.46. The van der Waals surface area contributed by atoms with Crippen molar-refractivity contribution in [3.05, 3.63) is 30.2 Å². The van der Waals surface area contributed by atoms with Crippen molar-refractivity contribution in [1.82, 2.24) is 4.98 Å². The summed E-state index contributed by atoms with van der Waals surface area (Å²) in [5.41, 5.74) is 2.56. The van der Waals surface area contributed by atoms with Gasteiger partial charge in [0.15, 0.2) is 12.0 Å². The van der Waals surface area contributed by atoms with Gasteiger partial charge in [0, 0.05) is 0 Å². The van der Waals surface area contributed by atoms with Gasteiger partial charge >= 0.3 is 0 Å². The van der Waals surface area contributed by atoms with Crippen LogP contribution in [0.5, 0.6) is 0 Å². The van der Waals surface area contributed by atoms with E-state index in [-0.39, 0.29) is 11.3 Å². The van der Waals surface area contributed by atoms with Crippen molar-refractivity contribution < 1.29 is 9.15 Å². The number of hydrogen-bond acceptors (Lipinski definition) is 4. The molecule has 0 saturated carbocycles.